The minimum atomic E-state index is -4.08. The lowest BCUT2D eigenvalue weighted by Crippen LogP contribution is -2.42. The molecule has 0 radical (unpaired) electrons. The maximum Gasteiger partial charge on any atom is 0.297 e. The Bertz CT molecular complexity index is 835. The number of nitrogens with one attached hydrogen (secondary N) is 1. The van der Waals surface area contributed by atoms with E-state index in [0.29, 0.717) is 13.0 Å². The van der Waals surface area contributed by atoms with Gasteiger partial charge in [0.05, 0.1) is 15.9 Å². The number of nitrogens with zero attached hydrogens (tertiary/aromatic N) is 1. The van der Waals surface area contributed by atoms with E-state index in [4.69, 9.17) is 14.3 Å². The molecule has 152 valence electrons. The van der Waals surface area contributed by atoms with Crippen molar-refractivity contribution in [3.63, 3.8) is 0 Å². The van der Waals surface area contributed by atoms with Crippen LogP contribution in [0.4, 0.5) is 11.4 Å². The Morgan fingerprint density at radius 1 is 1.41 bits per heavy atom. The predicted octanol–water partition coefficient (Wildman–Crippen LogP) is 2.83. The molecule has 1 unspecified atom stereocenters. The largest absolute Gasteiger partial charge is 0.489 e. The molecule has 1 heterocycles. The minimum absolute atomic E-state index is 0.0962. The molecule has 0 saturated carbocycles. The molecular formula is C16H27N3O6SSi. The molecule has 1 aliphatic heterocycles. The quantitative estimate of drug-likeness (QED) is 0.413. The van der Waals surface area contributed by atoms with E-state index >= 15 is 0 Å². The summed E-state index contributed by atoms with van der Waals surface area (Å²) in [6.07, 6.45) is 0.611. The summed E-state index contributed by atoms with van der Waals surface area (Å²) in [5.74, 6) is 0.106. The molecule has 2 rings (SSSR count). The summed E-state index contributed by atoms with van der Waals surface area (Å²) >= 11 is 0. The Balaban J connectivity index is 2.15. The molecule has 0 saturated heterocycles. The van der Waals surface area contributed by atoms with Gasteiger partial charge >= 0.3 is 0 Å². The van der Waals surface area contributed by atoms with E-state index in [9.17, 15) is 18.5 Å². The number of ether oxygens (including phenoxy) is 1. The zero-order valence-electron chi connectivity index (χ0n) is 16.2. The van der Waals surface area contributed by atoms with E-state index in [2.05, 4.69) is 39.2 Å². The second kappa shape index (κ2) is 7.38. The maximum absolute atomic E-state index is 11.5. The van der Waals surface area contributed by atoms with Gasteiger partial charge in [0.25, 0.3) is 5.69 Å². The third-order valence-corrected chi connectivity index (χ3v) is 10.5. The Kier molecular flexibility index (Phi) is 5.90. The topological polar surface area (TPSA) is 134 Å². The third-order valence-electron chi connectivity index (χ3n) is 5.10. The van der Waals surface area contributed by atoms with E-state index in [-0.39, 0.29) is 39.7 Å². The molecule has 0 aromatic heterocycles. The summed E-state index contributed by atoms with van der Waals surface area (Å²) in [4.78, 5) is 10.4. The highest BCUT2D eigenvalue weighted by atomic mass is 32.2. The summed E-state index contributed by atoms with van der Waals surface area (Å²) in [5.41, 5.74) is -0.220. The van der Waals surface area contributed by atoms with E-state index in [1.807, 2.05) is 0 Å². The predicted molar refractivity (Wildman–Crippen MR) is 105 cm³/mol. The Morgan fingerprint density at radius 3 is 2.56 bits per heavy atom. The molecule has 1 aromatic rings. The van der Waals surface area contributed by atoms with E-state index in [0.717, 1.165) is 6.07 Å². The van der Waals surface area contributed by atoms with Gasteiger partial charge in [0.2, 0.25) is 10.0 Å². The van der Waals surface area contributed by atoms with Gasteiger partial charge in [0.15, 0.2) is 19.8 Å². The monoisotopic (exact) mass is 417 g/mol. The number of anilines is 1. The van der Waals surface area contributed by atoms with Crippen LogP contribution in [-0.4, -0.2) is 40.9 Å². The molecule has 0 spiro atoms. The molecule has 3 N–H and O–H groups in total. The van der Waals surface area contributed by atoms with E-state index in [1.54, 1.807) is 0 Å². The number of sulfonamides is 1. The molecule has 1 atom stereocenters. The standard InChI is InChI=1S/C16H27N3O6SSi/c1-16(2,3)27(4,5)25-7-6-11-10-24-14-9-12(26(17,22)23)8-13(19(20)21)15(14)18-11/h8-9,11,18H,6-7,10H2,1-5H3,(H2,17,22,23). The first-order valence-corrected chi connectivity index (χ1v) is 13.1. The highest BCUT2D eigenvalue weighted by Gasteiger charge is 2.37. The number of fused-ring (bicyclic) bond motifs is 1. The van der Waals surface area contributed by atoms with Crippen molar-refractivity contribution < 1.29 is 22.5 Å². The van der Waals surface area contributed by atoms with Gasteiger partial charge in [-0.2, -0.15) is 0 Å². The number of rotatable bonds is 6. The van der Waals surface area contributed by atoms with Gasteiger partial charge in [0, 0.05) is 18.7 Å². The van der Waals surface area contributed by atoms with Crippen molar-refractivity contribution in [2.45, 2.75) is 56.3 Å². The SMILES string of the molecule is CC(C)(C)[Si](C)(C)OCCC1COc2cc(S(N)(=O)=O)cc([N+](=O)[O-])c2N1. The lowest BCUT2D eigenvalue weighted by atomic mass is 10.1. The normalized spacial score (nSPS) is 17.6. The average molecular weight is 418 g/mol. The van der Waals surface area contributed by atoms with Gasteiger partial charge in [-0.15, -0.1) is 0 Å². The fourth-order valence-electron chi connectivity index (χ4n) is 2.41. The molecule has 1 aromatic carbocycles. The molecule has 0 aliphatic carbocycles. The van der Waals surface area contributed by atoms with Gasteiger partial charge < -0.3 is 14.5 Å². The molecule has 27 heavy (non-hydrogen) atoms. The van der Waals surface area contributed by atoms with Gasteiger partial charge in [-0.25, -0.2) is 13.6 Å². The van der Waals surface area contributed by atoms with Gasteiger partial charge in [-0.3, -0.25) is 10.1 Å². The first-order chi connectivity index (χ1) is 12.2. The molecule has 0 bridgehead atoms. The van der Waals surface area contributed by atoms with Gasteiger partial charge in [-0.05, 0) is 24.6 Å². The van der Waals surface area contributed by atoms with Crippen LogP contribution in [0.25, 0.3) is 0 Å². The first kappa shape index (κ1) is 21.6. The number of nitrogens with two attached hydrogens (primary N) is 1. The molecule has 11 heteroatoms. The van der Waals surface area contributed by atoms with Crippen LogP contribution >= 0.6 is 0 Å². The van der Waals surface area contributed by atoms with Gasteiger partial charge in [0.1, 0.15) is 6.61 Å². The highest BCUT2D eigenvalue weighted by molar-refractivity contribution is 7.89. The third kappa shape index (κ3) is 4.97. The van der Waals surface area contributed by atoms with Crippen molar-refractivity contribution in [1.82, 2.24) is 0 Å². The van der Waals surface area contributed by atoms with Crippen molar-refractivity contribution in [2.24, 2.45) is 5.14 Å². The van der Waals surface area contributed by atoms with Gasteiger partial charge in [-0.1, -0.05) is 20.8 Å². The molecule has 0 fully saturated rings. The second-order valence-electron chi connectivity index (χ2n) is 8.17. The second-order valence-corrected chi connectivity index (χ2v) is 14.5. The van der Waals surface area contributed by atoms with Crippen LogP contribution < -0.4 is 15.2 Å². The number of nitro groups is 1. The van der Waals surface area contributed by atoms with Crippen molar-refractivity contribution >= 4 is 29.7 Å². The van der Waals surface area contributed by atoms with Crippen molar-refractivity contribution in [3.05, 3.63) is 22.2 Å². The zero-order valence-corrected chi connectivity index (χ0v) is 18.1. The van der Waals surface area contributed by atoms with Crippen LogP contribution in [0.2, 0.25) is 18.1 Å². The summed E-state index contributed by atoms with van der Waals surface area (Å²) in [6.45, 7) is 11.5. The fourth-order valence-corrected chi connectivity index (χ4v) is 4.02. The highest BCUT2D eigenvalue weighted by Crippen LogP contribution is 2.40. The van der Waals surface area contributed by atoms with Crippen molar-refractivity contribution in [1.29, 1.82) is 0 Å². The number of hydrogen-bond donors (Lipinski definition) is 2. The van der Waals surface area contributed by atoms with Crippen molar-refractivity contribution in [3.8, 4) is 5.75 Å². The van der Waals surface area contributed by atoms with Crippen LogP contribution in [0.5, 0.6) is 5.75 Å². The van der Waals surface area contributed by atoms with Crippen molar-refractivity contribution in [2.75, 3.05) is 18.5 Å². The Morgan fingerprint density at radius 2 is 2.04 bits per heavy atom. The Hall–Kier alpha value is -1.69. The maximum atomic E-state index is 11.5. The fraction of sp³-hybridized carbons (Fsp3) is 0.625. The lowest BCUT2D eigenvalue weighted by Gasteiger charge is -2.37. The van der Waals surface area contributed by atoms with Crippen LogP contribution in [0.15, 0.2) is 17.0 Å². The smallest absolute Gasteiger partial charge is 0.297 e. The number of hydrogen-bond acceptors (Lipinski definition) is 7. The Labute approximate surface area is 160 Å². The average Bonchev–Trinajstić information content (AvgIpc) is 2.51. The molecular weight excluding hydrogens is 390 g/mol. The molecule has 9 nitrogen and oxygen atoms in total. The molecule has 1 aliphatic rings. The van der Waals surface area contributed by atoms with Crippen LogP contribution in [0.1, 0.15) is 27.2 Å². The number of nitro benzene ring substituents is 1. The summed E-state index contributed by atoms with van der Waals surface area (Å²) in [5, 5.41) is 19.6. The summed E-state index contributed by atoms with van der Waals surface area (Å²) < 4.78 is 34.8. The molecule has 0 amide bonds. The zero-order chi connectivity index (χ0) is 20.6. The minimum Gasteiger partial charge on any atom is -0.489 e. The van der Waals surface area contributed by atoms with E-state index < -0.39 is 23.3 Å². The van der Waals surface area contributed by atoms with E-state index in [1.165, 1.54) is 6.07 Å². The number of primary sulfonamides is 1. The van der Waals surface area contributed by atoms with Crippen LogP contribution in [0, 0.1) is 10.1 Å². The van der Waals surface area contributed by atoms with Crippen LogP contribution in [0.3, 0.4) is 0 Å². The number of benzene rings is 1. The lowest BCUT2D eigenvalue weighted by molar-refractivity contribution is -0.384. The summed E-state index contributed by atoms with van der Waals surface area (Å²) in [7, 11) is -5.95. The van der Waals surface area contributed by atoms with Crippen LogP contribution in [-0.2, 0) is 14.4 Å². The first-order valence-electron chi connectivity index (χ1n) is 8.61. The summed E-state index contributed by atoms with van der Waals surface area (Å²) in [6, 6.07) is 1.97.